The Balaban J connectivity index is 2.12. The average Bonchev–Trinajstić information content (AvgIpc) is 2.44. The topological polar surface area (TPSA) is 43.8 Å². The van der Waals surface area contributed by atoms with Gasteiger partial charge in [0.15, 0.2) is 0 Å². The first-order valence-corrected chi connectivity index (χ1v) is 6.54. The molecule has 1 aliphatic carbocycles. The van der Waals surface area contributed by atoms with Crippen molar-refractivity contribution in [3.05, 3.63) is 18.0 Å². The largest absolute Gasteiger partial charge is 0.325 e. The van der Waals surface area contributed by atoms with Gasteiger partial charge >= 0.3 is 0 Å². The molecule has 1 aromatic rings. The Morgan fingerprint density at radius 1 is 1.47 bits per heavy atom. The lowest BCUT2D eigenvalue weighted by Gasteiger charge is -2.45. The van der Waals surface area contributed by atoms with Crippen LogP contribution >= 0.6 is 0 Å². The van der Waals surface area contributed by atoms with Crippen molar-refractivity contribution in [2.45, 2.75) is 52.0 Å². The first-order valence-electron chi connectivity index (χ1n) is 6.54. The van der Waals surface area contributed by atoms with Crippen LogP contribution in [-0.2, 0) is 13.5 Å². The number of rotatable bonds is 2. The predicted molar refractivity (Wildman–Crippen MR) is 70.6 cm³/mol. The van der Waals surface area contributed by atoms with Crippen LogP contribution in [0.5, 0.6) is 0 Å². The van der Waals surface area contributed by atoms with Gasteiger partial charge in [0.05, 0.1) is 6.20 Å². The molecule has 0 aliphatic heterocycles. The van der Waals surface area contributed by atoms with Gasteiger partial charge in [-0.3, -0.25) is 4.68 Å². The summed E-state index contributed by atoms with van der Waals surface area (Å²) in [7, 11) is 1.96. The second-order valence-corrected chi connectivity index (χ2v) is 6.92. The minimum atomic E-state index is -0.0514. The highest BCUT2D eigenvalue weighted by molar-refractivity contribution is 5.11. The van der Waals surface area contributed by atoms with E-state index in [4.69, 9.17) is 5.73 Å². The lowest BCUT2D eigenvalue weighted by atomic mass is 9.63. The number of nitrogens with zero attached hydrogens (tertiary/aromatic N) is 2. The molecule has 1 fully saturated rings. The fraction of sp³-hybridized carbons (Fsp3) is 0.786. The van der Waals surface area contributed by atoms with E-state index in [0.29, 0.717) is 5.41 Å². The summed E-state index contributed by atoms with van der Waals surface area (Å²) < 4.78 is 1.86. The van der Waals surface area contributed by atoms with Gasteiger partial charge in [-0.2, -0.15) is 5.10 Å². The summed E-state index contributed by atoms with van der Waals surface area (Å²) in [6.07, 6.45) is 8.51. The molecular formula is C14H25N3. The van der Waals surface area contributed by atoms with E-state index in [1.54, 1.807) is 0 Å². The Hall–Kier alpha value is -0.830. The standard InChI is InChI=1S/C14H25N3/c1-11-5-13(2,3)10-14(15,6-11)7-12-8-16-17(4)9-12/h8-9,11H,5-7,10,15H2,1-4H3. The van der Waals surface area contributed by atoms with Crippen LogP contribution in [0.1, 0.15) is 45.6 Å². The quantitative estimate of drug-likeness (QED) is 0.856. The maximum Gasteiger partial charge on any atom is 0.0522 e. The third kappa shape index (κ3) is 3.09. The molecule has 0 bridgehead atoms. The minimum absolute atomic E-state index is 0.0514. The molecule has 0 radical (unpaired) electrons. The van der Waals surface area contributed by atoms with E-state index in [1.807, 2.05) is 17.9 Å². The van der Waals surface area contributed by atoms with E-state index in [9.17, 15) is 0 Å². The molecule has 96 valence electrons. The van der Waals surface area contributed by atoms with E-state index in [1.165, 1.54) is 12.0 Å². The van der Waals surface area contributed by atoms with E-state index < -0.39 is 0 Å². The molecule has 0 saturated heterocycles. The van der Waals surface area contributed by atoms with Gasteiger partial charge in [-0.15, -0.1) is 0 Å². The van der Waals surface area contributed by atoms with Gasteiger partial charge in [-0.1, -0.05) is 20.8 Å². The maximum absolute atomic E-state index is 6.63. The molecule has 1 saturated carbocycles. The van der Waals surface area contributed by atoms with Crippen LogP contribution in [0, 0.1) is 11.3 Å². The van der Waals surface area contributed by atoms with E-state index >= 15 is 0 Å². The van der Waals surface area contributed by atoms with Crippen molar-refractivity contribution < 1.29 is 0 Å². The van der Waals surface area contributed by atoms with E-state index in [2.05, 4.69) is 32.1 Å². The zero-order chi connectivity index (χ0) is 12.7. The molecule has 0 aromatic carbocycles. The Bertz CT molecular complexity index is 394. The van der Waals surface area contributed by atoms with Gasteiger partial charge in [0, 0.05) is 18.8 Å². The summed E-state index contributed by atoms with van der Waals surface area (Å²) in [6.45, 7) is 7.01. The molecule has 1 aromatic heterocycles. The first-order chi connectivity index (χ1) is 7.78. The normalized spacial score (nSPS) is 32.6. The van der Waals surface area contributed by atoms with Crippen LogP contribution in [0.3, 0.4) is 0 Å². The SMILES string of the molecule is CC1CC(C)(C)CC(N)(Cc2cnn(C)c2)C1. The highest BCUT2D eigenvalue weighted by Gasteiger charge is 2.40. The molecule has 2 atom stereocenters. The molecular weight excluding hydrogens is 210 g/mol. The summed E-state index contributed by atoms with van der Waals surface area (Å²) in [5.74, 6) is 0.723. The third-order valence-electron chi connectivity index (χ3n) is 3.80. The van der Waals surface area contributed by atoms with Crippen molar-refractivity contribution in [3.8, 4) is 0 Å². The molecule has 3 heteroatoms. The first kappa shape index (κ1) is 12.6. The third-order valence-corrected chi connectivity index (χ3v) is 3.80. The summed E-state index contributed by atoms with van der Waals surface area (Å²) >= 11 is 0. The van der Waals surface area contributed by atoms with E-state index in [-0.39, 0.29) is 5.54 Å². The molecule has 0 spiro atoms. The zero-order valence-corrected chi connectivity index (χ0v) is 11.5. The fourth-order valence-electron chi connectivity index (χ4n) is 3.91. The molecule has 2 rings (SSSR count). The molecule has 17 heavy (non-hydrogen) atoms. The van der Waals surface area contributed by atoms with E-state index in [0.717, 1.165) is 25.2 Å². The maximum atomic E-state index is 6.63. The summed E-state index contributed by atoms with van der Waals surface area (Å²) in [5.41, 5.74) is 8.21. The second kappa shape index (κ2) is 4.13. The Labute approximate surface area is 104 Å². The van der Waals surface area contributed by atoms with Crippen LogP contribution in [0.15, 0.2) is 12.4 Å². The van der Waals surface area contributed by atoms with Gasteiger partial charge in [0.25, 0.3) is 0 Å². The summed E-state index contributed by atoms with van der Waals surface area (Å²) in [5, 5.41) is 4.23. The zero-order valence-electron chi connectivity index (χ0n) is 11.5. The lowest BCUT2D eigenvalue weighted by Crippen LogP contribution is -2.50. The smallest absolute Gasteiger partial charge is 0.0522 e. The van der Waals surface area contributed by atoms with Crippen LogP contribution in [0.4, 0.5) is 0 Å². The second-order valence-electron chi connectivity index (χ2n) is 6.92. The fourth-order valence-corrected chi connectivity index (χ4v) is 3.91. The summed E-state index contributed by atoms with van der Waals surface area (Å²) in [6, 6.07) is 0. The Morgan fingerprint density at radius 2 is 2.18 bits per heavy atom. The van der Waals surface area contributed by atoms with Crippen LogP contribution in [-0.4, -0.2) is 15.3 Å². The van der Waals surface area contributed by atoms with Crippen LogP contribution in [0.25, 0.3) is 0 Å². The highest BCUT2D eigenvalue weighted by atomic mass is 15.2. The van der Waals surface area contributed by atoms with Gasteiger partial charge in [-0.05, 0) is 42.6 Å². The average molecular weight is 235 g/mol. The number of hydrogen-bond donors (Lipinski definition) is 1. The molecule has 2 N–H and O–H groups in total. The van der Waals surface area contributed by atoms with Gasteiger partial charge in [0.1, 0.15) is 0 Å². The molecule has 2 unspecified atom stereocenters. The van der Waals surface area contributed by atoms with Crippen LogP contribution in [0.2, 0.25) is 0 Å². The molecule has 3 nitrogen and oxygen atoms in total. The number of aryl methyl sites for hydroxylation is 1. The van der Waals surface area contributed by atoms with Gasteiger partial charge in [-0.25, -0.2) is 0 Å². The van der Waals surface area contributed by atoms with Gasteiger partial charge < -0.3 is 5.73 Å². The lowest BCUT2D eigenvalue weighted by molar-refractivity contribution is 0.108. The molecule has 0 amide bonds. The van der Waals surface area contributed by atoms with Crippen molar-refractivity contribution in [2.75, 3.05) is 0 Å². The van der Waals surface area contributed by atoms with Gasteiger partial charge in [0.2, 0.25) is 0 Å². The van der Waals surface area contributed by atoms with Crippen LogP contribution < -0.4 is 5.73 Å². The monoisotopic (exact) mass is 235 g/mol. The Kier molecular flexibility index (Phi) is 3.06. The van der Waals surface area contributed by atoms with Crippen molar-refractivity contribution in [1.82, 2.24) is 9.78 Å². The molecule has 1 aliphatic rings. The van der Waals surface area contributed by atoms with Crippen molar-refractivity contribution in [1.29, 1.82) is 0 Å². The Morgan fingerprint density at radius 3 is 2.71 bits per heavy atom. The molecule has 1 heterocycles. The van der Waals surface area contributed by atoms with Crippen molar-refractivity contribution in [3.63, 3.8) is 0 Å². The van der Waals surface area contributed by atoms with Crippen molar-refractivity contribution >= 4 is 0 Å². The predicted octanol–water partition coefficient (Wildman–Crippen LogP) is 2.51. The number of aromatic nitrogens is 2. The summed E-state index contributed by atoms with van der Waals surface area (Å²) in [4.78, 5) is 0. The highest BCUT2D eigenvalue weighted by Crippen LogP contribution is 2.43. The minimum Gasteiger partial charge on any atom is -0.325 e. The van der Waals surface area contributed by atoms with Crippen molar-refractivity contribution in [2.24, 2.45) is 24.1 Å². The number of hydrogen-bond acceptors (Lipinski definition) is 2. The number of nitrogens with two attached hydrogens (primary N) is 1.